The summed E-state index contributed by atoms with van der Waals surface area (Å²) in [6, 6.07) is 0.698. The predicted octanol–water partition coefficient (Wildman–Crippen LogP) is 2.66. The van der Waals surface area contributed by atoms with Crippen molar-refractivity contribution < 1.29 is 4.74 Å². The average molecular weight is 268 g/mol. The lowest BCUT2D eigenvalue weighted by atomic mass is 9.88. The number of piperazine rings is 1. The molecule has 2 fully saturated rings. The van der Waals surface area contributed by atoms with Crippen LogP contribution in [0.5, 0.6) is 0 Å². The molecule has 0 aromatic carbocycles. The maximum Gasteiger partial charge on any atom is 0.0478 e. The fourth-order valence-corrected chi connectivity index (χ4v) is 3.50. The number of nitrogens with one attached hydrogen (secondary N) is 1. The fraction of sp³-hybridized carbons (Fsp3) is 1.00. The molecule has 2 atom stereocenters. The van der Waals surface area contributed by atoms with Gasteiger partial charge in [0.25, 0.3) is 0 Å². The first-order valence-electron chi connectivity index (χ1n) is 8.27. The van der Waals surface area contributed by atoms with E-state index in [1.807, 2.05) is 0 Å². The van der Waals surface area contributed by atoms with Crippen LogP contribution in [0, 0.1) is 5.92 Å². The molecule has 0 amide bonds. The molecule has 1 N–H and O–H groups in total. The average Bonchev–Trinajstić information content (AvgIpc) is 3.23. The highest BCUT2D eigenvalue weighted by Crippen LogP contribution is 2.44. The summed E-state index contributed by atoms with van der Waals surface area (Å²) in [7, 11) is 0. The Balaban J connectivity index is 1.87. The lowest BCUT2D eigenvalue weighted by Gasteiger charge is -2.49. The normalized spacial score (nSPS) is 32.7. The molecule has 19 heavy (non-hydrogen) atoms. The van der Waals surface area contributed by atoms with Crippen LogP contribution in [0.2, 0.25) is 0 Å². The van der Waals surface area contributed by atoms with Gasteiger partial charge < -0.3 is 10.1 Å². The molecule has 1 saturated carbocycles. The molecule has 112 valence electrons. The van der Waals surface area contributed by atoms with E-state index < -0.39 is 0 Å². The van der Waals surface area contributed by atoms with Gasteiger partial charge in [-0.25, -0.2) is 0 Å². The second kappa shape index (κ2) is 7.05. The topological polar surface area (TPSA) is 24.5 Å². The van der Waals surface area contributed by atoms with E-state index in [9.17, 15) is 0 Å². The lowest BCUT2D eigenvalue weighted by molar-refractivity contribution is 0.0240. The number of ether oxygens (including phenoxy) is 1. The number of hydrogen-bond acceptors (Lipinski definition) is 3. The molecular formula is C16H32N2O. The zero-order valence-corrected chi connectivity index (χ0v) is 13.1. The van der Waals surface area contributed by atoms with E-state index in [1.54, 1.807) is 0 Å². The number of hydrogen-bond donors (Lipinski definition) is 1. The van der Waals surface area contributed by atoms with Crippen molar-refractivity contribution >= 4 is 0 Å². The molecule has 2 unspecified atom stereocenters. The van der Waals surface area contributed by atoms with Gasteiger partial charge in [0.1, 0.15) is 0 Å². The molecule has 3 heteroatoms. The molecule has 0 spiro atoms. The van der Waals surface area contributed by atoms with Crippen LogP contribution in [0.4, 0.5) is 0 Å². The van der Waals surface area contributed by atoms with Gasteiger partial charge in [-0.05, 0) is 45.4 Å². The maximum absolute atomic E-state index is 5.50. The highest BCUT2D eigenvalue weighted by Gasteiger charge is 2.47. The Morgan fingerprint density at radius 2 is 2.11 bits per heavy atom. The summed E-state index contributed by atoms with van der Waals surface area (Å²) in [6.45, 7) is 12.2. The van der Waals surface area contributed by atoms with Crippen molar-refractivity contribution in [2.75, 3.05) is 32.8 Å². The highest BCUT2D eigenvalue weighted by molar-refractivity contribution is 5.04. The standard InChI is InChI=1S/C16H32N2O/c1-4-7-15-12-18(10-6-11-19-5-2)16(3,13-17-15)14-8-9-14/h14-15,17H,4-13H2,1-3H3. The molecule has 3 nitrogen and oxygen atoms in total. The van der Waals surface area contributed by atoms with Crippen LogP contribution in [0.3, 0.4) is 0 Å². The monoisotopic (exact) mass is 268 g/mol. The van der Waals surface area contributed by atoms with E-state index in [0.717, 1.165) is 19.1 Å². The van der Waals surface area contributed by atoms with Crippen LogP contribution >= 0.6 is 0 Å². The smallest absolute Gasteiger partial charge is 0.0478 e. The van der Waals surface area contributed by atoms with E-state index in [0.29, 0.717) is 11.6 Å². The van der Waals surface area contributed by atoms with Gasteiger partial charge in [0.15, 0.2) is 0 Å². The Labute approximate surface area is 119 Å². The molecule has 1 heterocycles. The van der Waals surface area contributed by atoms with Gasteiger partial charge in [-0.3, -0.25) is 4.90 Å². The van der Waals surface area contributed by atoms with Crippen LogP contribution in [-0.4, -0.2) is 49.3 Å². The highest BCUT2D eigenvalue weighted by atomic mass is 16.5. The predicted molar refractivity (Wildman–Crippen MR) is 80.5 cm³/mol. The first-order valence-corrected chi connectivity index (χ1v) is 8.27. The molecule has 0 bridgehead atoms. The largest absolute Gasteiger partial charge is 0.382 e. The van der Waals surface area contributed by atoms with Gasteiger partial charge in [0.2, 0.25) is 0 Å². The van der Waals surface area contributed by atoms with Crippen LogP contribution in [-0.2, 0) is 4.74 Å². The van der Waals surface area contributed by atoms with Crippen molar-refractivity contribution in [1.82, 2.24) is 10.2 Å². The first-order chi connectivity index (χ1) is 9.20. The summed E-state index contributed by atoms with van der Waals surface area (Å²) in [4.78, 5) is 2.76. The lowest BCUT2D eigenvalue weighted by Crippen LogP contribution is -2.64. The summed E-state index contributed by atoms with van der Waals surface area (Å²) in [6.07, 6.45) is 6.62. The molecule has 1 aliphatic heterocycles. The third-order valence-electron chi connectivity index (χ3n) is 4.93. The Morgan fingerprint density at radius 3 is 2.74 bits per heavy atom. The van der Waals surface area contributed by atoms with E-state index in [4.69, 9.17) is 4.74 Å². The van der Waals surface area contributed by atoms with Crippen molar-refractivity contribution in [3.05, 3.63) is 0 Å². The van der Waals surface area contributed by atoms with E-state index in [1.165, 1.54) is 51.7 Å². The minimum absolute atomic E-state index is 0.399. The zero-order chi connectivity index (χ0) is 13.7. The van der Waals surface area contributed by atoms with Gasteiger partial charge >= 0.3 is 0 Å². The minimum atomic E-state index is 0.399. The minimum Gasteiger partial charge on any atom is -0.382 e. The second-order valence-corrected chi connectivity index (χ2v) is 6.49. The third-order valence-corrected chi connectivity index (χ3v) is 4.93. The van der Waals surface area contributed by atoms with Crippen LogP contribution in [0.25, 0.3) is 0 Å². The van der Waals surface area contributed by atoms with Crippen molar-refractivity contribution in [1.29, 1.82) is 0 Å². The SMILES string of the molecule is CCCC1CN(CCCOCC)C(C)(C2CC2)CN1. The van der Waals surface area contributed by atoms with Gasteiger partial charge in [-0.2, -0.15) is 0 Å². The summed E-state index contributed by atoms with van der Waals surface area (Å²) in [5, 5.41) is 3.79. The summed E-state index contributed by atoms with van der Waals surface area (Å²) in [5.74, 6) is 0.926. The van der Waals surface area contributed by atoms with E-state index in [-0.39, 0.29) is 0 Å². The van der Waals surface area contributed by atoms with E-state index >= 15 is 0 Å². The fourth-order valence-electron chi connectivity index (χ4n) is 3.50. The quantitative estimate of drug-likeness (QED) is 0.685. The van der Waals surface area contributed by atoms with E-state index in [2.05, 4.69) is 31.0 Å². The van der Waals surface area contributed by atoms with Gasteiger partial charge in [0, 0.05) is 44.4 Å². The van der Waals surface area contributed by atoms with Gasteiger partial charge in [-0.15, -0.1) is 0 Å². The molecule has 0 radical (unpaired) electrons. The first kappa shape index (κ1) is 15.3. The van der Waals surface area contributed by atoms with Crippen LogP contribution in [0.15, 0.2) is 0 Å². The number of rotatable bonds is 8. The molecule has 2 rings (SSSR count). The van der Waals surface area contributed by atoms with Crippen molar-refractivity contribution in [2.24, 2.45) is 5.92 Å². The Hall–Kier alpha value is -0.120. The Bertz CT molecular complexity index is 267. The van der Waals surface area contributed by atoms with Crippen molar-refractivity contribution in [2.45, 2.75) is 64.5 Å². The third kappa shape index (κ3) is 3.93. The molecule has 1 saturated heterocycles. The molecule has 2 aliphatic rings. The van der Waals surface area contributed by atoms with Crippen LogP contribution in [0.1, 0.15) is 52.9 Å². The molecular weight excluding hydrogens is 236 g/mol. The van der Waals surface area contributed by atoms with Gasteiger partial charge in [-0.1, -0.05) is 13.3 Å². The summed E-state index contributed by atoms with van der Waals surface area (Å²) < 4.78 is 5.50. The van der Waals surface area contributed by atoms with Crippen molar-refractivity contribution in [3.63, 3.8) is 0 Å². The maximum atomic E-state index is 5.50. The summed E-state index contributed by atoms with van der Waals surface area (Å²) >= 11 is 0. The van der Waals surface area contributed by atoms with Crippen molar-refractivity contribution in [3.8, 4) is 0 Å². The second-order valence-electron chi connectivity index (χ2n) is 6.49. The molecule has 0 aromatic rings. The molecule has 0 aromatic heterocycles. The number of nitrogens with zero attached hydrogens (tertiary/aromatic N) is 1. The van der Waals surface area contributed by atoms with Gasteiger partial charge in [0.05, 0.1) is 0 Å². The zero-order valence-electron chi connectivity index (χ0n) is 13.1. The van der Waals surface area contributed by atoms with Crippen LogP contribution < -0.4 is 5.32 Å². The molecule has 1 aliphatic carbocycles. The summed E-state index contributed by atoms with van der Waals surface area (Å²) in [5.41, 5.74) is 0.399. The Morgan fingerprint density at radius 1 is 1.32 bits per heavy atom. The Kier molecular flexibility index (Phi) is 5.67.